The summed E-state index contributed by atoms with van der Waals surface area (Å²) < 4.78 is 16.1. The van der Waals surface area contributed by atoms with Crippen molar-refractivity contribution in [3.8, 4) is 0 Å². The van der Waals surface area contributed by atoms with Crippen LogP contribution in [-0.2, 0) is 0 Å². The Labute approximate surface area is 44.7 Å². The molecule has 0 saturated heterocycles. The predicted molar refractivity (Wildman–Crippen MR) is 22.5 cm³/mol. The molecule has 1 nitrogen and oxygen atoms in total. The number of halogens is 2. The molecule has 0 amide bonds. The average molecular weight is 120 g/mol. The number of hydrogen-bond donors (Lipinski definition) is 0. The summed E-state index contributed by atoms with van der Waals surface area (Å²) >= 11 is 5.05. The Kier molecular flexibility index (Phi) is 1.02. The van der Waals surface area contributed by atoms with Crippen LogP contribution >= 0.6 is 11.6 Å². The van der Waals surface area contributed by atoms with Crippen molar-refractivity contribution in [3.63, 3.8) is 0 Å². The van der Waals surface area contributed by atoms with Crippen LogP contribution in [0, 0.1) is 11.9 Å². The standard InChI is InChI=1S/C4HClFO/c5-4-3(6)1-2-7-4/h2H. The molecule has 1 rings (SSSR count). The zero-order valence-corrected chi connectivity index (χ0v) is 4.00. The number of rotatable bonds is 0. The Hall–Kier alpha value is -0.500. The molecule has 0 unspecified atom stereocenters. The normalized spacial score (nSPS) is 9.43. The van der Waals surface area contributed by atoms with Crippen molar-refractivity contribution in [2.45, 2.75) is 0 Å². The van der Waals surface area contributed by atoms with E-state index in [1.807, 2.05) is 0 Å². The SMILES string of the molecule is Fc1[c]coc1Cl. The molecule has 0 aliphatic heterocycles. The maximum atomic E-state index is 11.8. The molecular weight excluding hydrogens is 118 g/mol. The summed E-state index contributed by atoms with van der Waals surface area (Å²) in [6.07, 6.45) is 1.07. The summed E-state index contributed by atoms with van der Waals surface area (Å²) in [6, 6.07) is 2.10. The quantitative estimate of drug-likeness (QED) is 0.508. The molecule has 0 aliphatic rings. The van der Waals surface area contributed by atoms with Gasteiger partial charge in [-0.05, 0) is 11.6 Å². The Bertz CT molecular complexity index is 144. The molecule has 0 saturated carbocycles. The summed E-state index contributed by atoms with van der Waals surface area (Å²) in [4.78, 5) is 0. The second kappa shape index (κ2) is 1.54. The number of hydrogen-bond acceptors (Lipinski definition) is 1. The molecule has 7 heavy (non-hydrogen) atoms. The average Bonchev–Trinajstić information content (AvgIpc) is 1.91. The van der Waals surface area contributed by atoms with Gasteiger partial charge in [0.1, 0.15) is 6.26 Å². The lowest BCUT2D eigenvalue weighted by molar-refractivity contribution is 0.535. The Balaban J connectivity index is 3.12. The van der Waals surface area contributed by atoms with E-state index in [9.17, 15) is 4.39 Å². The minimum atomic E-state index is -0.637. The van der Waals surface area contributed by atoms with Crippen molar-refractivity contribution in [3.05, 3.63) is 23.4 Å². The van der Waals surface area contributed by atoms with Gasteiger partial charge in [0.05, 0.1) is 6.07 Å². The van der Waals surface area contributed by atoms with E-state index in [4.69, 9.17) is 11.6 Å². The second-order valence-electron chi connectivity index (χ2n) is 0.968. The van der Waals surface area contributed by atoms with Crippen LogP contribution in [0.1, 0.15) is 0 Å². The Morgan fingerprint density at radius 3 is 2.71 bits per heavy atom. The summed E-state index contributed by atoms with van der Waals surface area (Å²) in [5.74, 6) is -0.637. The van der Waals surface area contributed by atoms with E-state index in [1.54, 1.807) is 0 Å². The van der Waals surface area contributed by atoms with Crippen LogP contribution in [0.25, 0.3) is 0 Å². The van der Waals surface area contributed by atoms with Gasteiger partial charge in [0, 0.05) is 0 Å². The lowest BCUT2D eigenvalue weighted by atomic mass is 10.6. The topological polar surface area (TPSA) is 13.1 Å². The van der Waals surface area contributed by atoms with Crippen LogP contribution in [0.15, 0.2) is 10.7 Å². The first-order valence-corrected chi connectivity index (χ1v) is 1.98. The third-order valence-corrected chi connectivity index (χ3v) is 0.776. The van der Waals surface area contributed by atoms with Crippen molar-refractivity contribution >= 4 is 11.6 Å². The van der Waals surface area contributed by atoms with Gasteiger partial charge < -0.3 is 4.42 Å². The van der Waals surface area contributed by atoms with Crippen molar-refractivity contribution in [2.24, 2.45) is 0 Å². The van der Waals surface area contributed by atoms with Crippen molar-refractivity contribution < 1.29 is 8.81 Å². The van der Waals surface area contributed by atoms with Gasteiger partial charge in [0.2, 0.25) is 5.22 Å². The molecule has 1 radical (unpaired) electrons. The largest absolute Gasteiger partial charge is 0.449 e. The Morgan fingerprint density at radius 1 is 1.86 bits per heavy atom. The van der Waals surface area contributed by atoms with Gasteiger partial charge in [-0.15, -0.1) is 0 Å². The maximum absolute atomic E-state index is 11.8. The van der Waals surface area contributed by atoms with Crippen LogP contribution in [0.4, 0.5) is 4.39 Å². The monoisotopic (exact) mass is 119 g/mol. The molecule has 0 spiro atoms. The fourth-order valence-corrected chi connectivity index (χ4v) is 0.341. The van der Waals surface area contributed by atoms with Gasteiger partial charge in [0.25, 0.3) is 0 Å². The van der Waals surface area contributed by atoms with E-state index >= 15 is 0 Å². The molecule has 0 N–H and O–H groups in total. The molecule has 0 aromatic carbocycles. The van der Waals surface area contributed by atoms with E-state index in [2.05, 4.69) is 10.5 Å². The lowest BCUT2D eigenvalue weighted by Crippen LogP contribution is -1.58. The summed E-state index contributed by atoms with van der Waals surface area (Å²) in [7, 11) is 0. The third kappa shape index (κ3) is 0.747. The zero-order chi connectivity index (χ0) is 5.28. The first-order chi connectivity index (χ1) is 3.30. The van der Waals surface area contributed by atoms with Crippen LogP contribution in [0.2, 0.25) is 5.22 Å². The fraction of sp³-hybridized carbons (Fsp3) is 0. The lowest BCUT2D eigenvalue weighted by Gasteiger charge is -1.71. The highest BCUT2D eigenvalue weighted by Gasteiger charge is 1.98. The van der Waals surface area contributed by atoms with Gasteiger partial charge in [0.15, 0.2) is 5.82 Å². The van der Waals surface area contributed by atoms with Gasteiger partial charge >= 0.3 is 0 Å². The molecule has 0 aliphatic carbocycles. The van der Waals surface area contributed by atoms with Crippen LogP contribution in [0.3, 0.4) is 0 Å². The summed E-state index contributed by atoms with van der Waals surface area (Å²) in [5, 5.41) is -0.236. The van der Waals surface area contributed by atoms with E-state index in [-0.39, 0.29) is 5.22 Å². The molecule has 1 aromatic heterocycles. The Morgan fingerprint density at radius 2 is 2.57 bits per heavy atom. The van der Waals surface area contributed by atoms with Crippen LogP contribution in [-0.4, -0.2) is 0 Å². The van der Waals surface area contributed by atoms with Crippen molar-refractivity contribution in [1.29, 1.82) is 0 Å². The minimum absolute atomic E-state index is 0.236. The van der Waals surface area contributed by atoms with Crippen LogP contribution < -0.4 is 0 Å². The van der Waals surface area contributed by atoms with Crippen LogP contribution in [0.5, 0.6) is 0 Å². The molecule has 37 valence electrons. The zero-order valence-electron chi connectivity index (χ0n) is 3.24. The predicted octanol–water partition coefficient (Wildman–Crippen LogP) is 1.87. The first-order valence-electron chi connectivity index (χ1n) is 1.61. The first kappa shape index (κ1) is 4.65. The van der Waals surface area contributed by atoms with Gasteiger partial charge in [-0.3, -0.25) is 0 Å². The van der Waals surface area contributed by atoms with Crippen molar-refractivity contribution in [2.75, 3.05) is 0 Å². The third-order valence-electron chi connectivity index (χ3n) is 0.521. The van der Waals surface area contributed by atoms with Gasteiger partial charge in [-0.25, -0.2) is 4.39 Å². The molecule has 1 aromatic rings. The van der Waals surface area contributed by atoms with E-state index in [0.29, 0.717) is 0 Å². The summed E-state index contributed by atoms with van der Waals surface area (Å²) in [5.41, 5.74) is 0. The molecule has 3 heteroatoms. The highest BCUT2D eigenvalue weighted by atomic mass is 35.5. The molecular formula is C4HClFO. The second-order valence-corrected chi connectivity index (χ2v) is 1.31. The molecule has 1 heterocycles. The molecule has 0 atom stereocenters. The summed E-state index contributed by atoms with van der Waals surface area (Å²) in [6.45, 7) is 0. The van der Waals surface area contributed by atoms with E-state index in [1.165, 1.54) is 0 Å². The van der Waals surface area contributed by atoms with Crippen molar-refractivity contribution in [1.82, 2.24) is 0 Å². The molecule has 0 fully saturated rings. The molecule has 0 bridgehead atoms. The van der Waals surface area contributed by atoms with E-state index < -0.39 is 5.82 Å². The van der Waals surface area contributed by atoms with Gasteiger partial charge in [-0.2, -0.15) is 0 Å². The minimum Gasteiger partial charge on any atom is -0.449 e. The highest BCUT2D eigenvalue weighted by molar-refractivity contribution is 6.28. The van der Waals surface area contributed by atoms with E-state index in [0.717, 1.165) is 6.26 Å². The fourth-order valence-electron chi connectivity index (χ4n) is 0.241. The smallest absolute Gasteiger partial charge is 0.229 e. The maximum Gasteiger partial charge on any atom is 0.229 e. The highest BCUT2D eigenvalue weighted by Crippen LogP contribution is 2.12. The number of furan rings is 1. The van der Waals surface area contributed by atoms with Gasteiger partial charge in [-0.1, -0.05) is 0 Å².